The predicted molar refractivity (Wildman–Crippen MR) is 89.3 cm³/mol. The SMILES string of the molecule is O=C(O)C(F)(F)F.c1cnc(N2CCC3(CCN3c3ncccn3)C2)nc1. The number of nitrogens with zero attached hydrogens (tertiary/aromatic N) is 6. The van der Waals surface area contributed by atoms with Crippen LogP contribution in [0, 0.1) is 0 Å². The Morgan fingerprint density at radius 3 is 1.89 bits per heavy atom. The molecule has 0 aromatic carbocycles. The molecule has 4 rings (SSSR count). The number of aromatic nitrogens is 4. The maximum Gasteiger partial charge on any atom is 0.490 e. The molecule has 11 heteroatoms. The number of carboxylic acids is 1. The molecule has 0 bridgehead atoms. The quantitative estimate of drug-likeness (QED) is 0.840. The topological polar surface area (TPSA) is 95.3 Å². The molecule has 8 nitrogen and oxygen atoms in total. The van der Waals surface area contributed by atoms with Crippen molar-refractivity contribution < 1.29 is 23.1 Å². The fourth-order valence-electron chi connectivity index (χ4n) is 3.19. The summed E-state index contributed by atoms with van der Waals surface area (Å²) in [6, 6.07) is 3.71. The molecular formula is C16H17F3N6O2. The first-order valence-corrected chi connectivity index (χ1v) is 8.19. The summed E-state index contributed by atoms with van der Waals surface area (Å²) in [6.07, 6.45) is 4.43. The van der Waals surface area contributed by atoms with Crippen molar-refractivity contribution in [2.75, 3.05) is 29.4 Å². The van der Waals surface area contributed by atoms with Crippen molar-refractivity contribution in [1.29, 1.82) is 0 Å². The lowest BCUT2D eigenvalue weighted by Gasteiger charge is -2.50. The van der Waals surface area contributed by atoms with E-state index in [-0.39, 0.29) is 5.54 Å². The third-order valence-electron chi connectivity index (χ3n) is 4.58. The minimum absolute atomic E-state index is 0.167. The van der Waals surface area contributed by atoms with Gasteiger partial charge in [0.2, 0.25) is 11.9 Å². The highest BCUT2D eigenvalue weighted by atomic mass is 19.4. The Hall–Kier alpha value is -2.98. The van der Waals surface area contributed by atoms with Gasteiger partial charge in [-0.3, -0.25) is 0 Å². The average Bonchev–Trinajstić information content (AvgIpc) is 3.10. The van der Waals surface area contributed by atoms with E-state index in [1.165, 1.54) is 6.42 Å². The summed E-state index contributed by atoms with van der Waals surface area (Å²) < 4.78 is 31.7. The Bertz CT molecular complexity index is 777. The second kappa shape index (κ2) is 7.33. The fraction of sp³-hybridized carbons (Fsp3) is 0.438. The number of anilines is 2. The fourth-order valence-corrected chi connectivity index (χ4v) is 3.19. The van der Waals surface area contributed by atoms with E-state index in [1.807, 2.05) is 12.1 Å². The number of rotatable bonds is 2. The summed E-state index contributed by atoms with van der Waals surface area (Å²) in [7, 11) is 0. The van der Waals surface area contributed by atoms with E-state index < -0.39 is 12.1 Å². The summed E-state index contributed by atoms with van der Waals surface area (Å²) in [5.41, 5.74) is 0.167. The average molecular weight is 382 g/mol. The Balaban J connectivity index is 0.000000260. The lowest BCUT2D eigenvalue weighted by molar-refractivity contribution is -0.192. The van der Waals surface area contributed by atoms with Crippen LogP contribution in [0.25, 0.3) is 0 Å². The van der Waals surface area contributed by atoms with Gasteiger partial charge >= 0.3 is 12.1 Å². The second-order valence-electron chi connectivity index (χ2n) is 6.20. The van der Waals surface area contributed by atoms with Crippen LogP contribution in [0.5, 0.6) is 0 Å². The van der Waals surface area contributed by atoms with E-state index >= 15 is 0 Å². The predicted octanol–water partition coefficient (Wildman–Crippen LogP) is 1.76. The molecule has 2 aromatic heterocycles. The van der Waals surface area contributed by atoms with Gasteiger partial charge in [-0.05, 0) is 25.0 Å². The number of carboxylic acid groups (broad SMARTS) is 1. The van der Waals surface area contributed by atoms with Gasteiger partial charge < -0.3 is 14.9 Å². The van der Waals surface area contributed by atoms with E-state index in [1.54, 1.807) is 24.8 Å². The molecule has 1 atom stereocenters. The smallest absolute Gasteiger partial charge is 0.475 e. The van der Waals surface area contributed by atoms with Crippen molar-refractivity contribution in [3.8, 4) is 0 Å². The number of alkyl halides is 3. The number of hydrogen-bond acceptors (Lipinski definition) is 7. The molecule has 4 heterocycles. The van der Waals surface area contributed by atoms with Gasteiger partial charge in [-0.15, -0.1) is 0 Å². The van der Waals surface area contributed by atoms with Crippen molar-refractivity contribution in [2.24, 2.45) is 0 Å². The minimum atomic E-state index is -5.08. The standard InChI is InChI=1S/C14H16N6.C2HF3O2/c1-5-15-12(16-6-1)19-9-3-14(11-19)4-10-20(14)13-17-7-2-8-18-13;3-2(4,5)1(6)7/h1-2,5-8H,3-4,9-11H2;(H,6,7). The van der Waals surface area contributed by atoms with Gasteiger partial charge in [-0.1, -0.05) is 0 Å². The molecule has 2 saturated heterocycles. The maximum atomic E-state index is 10.6. The summed E-state index contributed by atoms with van der Waals surface area (Å²) in [5.74, 6) is -1.09. The zero-order valence-electron chi connectivity index (χ0n) is 14.2. The molecule has 0 amide bonds. The largest absolute Gasteiger partial charge is 0.490 e. The van der Waals surface area contributed by atoms with Crippen molar-refractivity contribution >= 4 is 17.9 Å². The molecule has 144 valence electrons. The van der Waals surface area contributed by atoms with E-state index in [0.29, 0.717) is 0 Å². The van der Waals surface area contributed by atoms with Crippen LogP contribution in [-0.4, -0.2) is 62.4 Å². The molecular weight excluding hydrogens is 365 g/mol. The highest BCUT2D eigenvalue weighted by molar-refractivity contribution is 5.73. The van der Waals surface area contributed by atoms with Crippen molar-refractivity contribution in [1.82, 2.24) is 19.9 Å². The zero-order valence-corrected chi connectivity index (χ0v) is 14.2. The van der Waals surface area contributed by atoms with Gasteiger partial charge in [-0.25, -0.2) is 24.7 Å². The Morgan fingerprint density at radius 2 is 1.44 bits per heavy atom. The molecule has 1 unspecified atom stereocenters. The number of carbonyl (C=O) groups is 1. The second-order valence-corrected chi connectivity index (χ2v) is 6.20. The summed E-state index contributed by atoms with van der Waals surface area (Å²) in [6.45, 7) is 2.98. The van der Waals surface area contributed by atoms with Crippen molar-refractivity contribution in [3.63, 3.8) is 0 Å². The first-order chi connectivity index (χ1) is 12.8. The van der Waals surface area contributed by atoms with Gasteiger partial charge in [0.15, 0.2) is 0 Å². The van der Waals surface area contributed by atoms with E-state index in [9.17, 15) is 13.2 Å². The van der Waals surface area contributed by atoms with Crippen LogP contribution in [0.3, 0.4) is 0 Å². The summed E-state index contributed by atoms with van der Waals surface area (Å²) in [4.78, 5) is 30.9. The van der Waals surface area contributed by atoms with Gasteiger partial charge in [0.05, 0.1) is 5.54 Å². The minimum Gasteiger partial charge on any atom is -0.475 e. The van der Waals surface area contributed by atoms with Crippen LogP contribution in [-0.2, 0) is 4.79 Å². The van der Waals surface area contributed by atoms with E-state index in [2.05, 4.69) is 29.7 Å². The normalized spacial score (nSPS) is 21.4. The summed E-state index contributed by atoms with van der Waals surface area (Å²) in [5, 5.41) is 7.12. The van der Waals surface area contributed by atoms with Crippen molar-refractivity contribution in [2.45, 2.75) is 24.6 Å². The number of aliphatic carboxylic acids is 1. The first kappa shape index (κ1) is 18.8. The van der Waals surface area contributed by atoms with Crippen LogP contribution >= 0.6 is 0 Å². The third kappa shape index (κ3) is 4.07. The van der Waals surface area contributed by atoms with Gasteiger partial charge in [0.1, 0.15) is 0 Å². The lowest BCUT2D eigenvalue weighted by atomic mass is 9.84. The van der Waals surface area contributed by atoms with Gasteiger partial charge in [0.25, 0.3) is 0 Å². The molecule has 1 spiro atoms. The van der Waals surface area contributed by atoms with Crippen LogP contribution in [0.1, 0.15) is 12.8 Å². The lowest BCUT2D eigenvalue weighted by Crippen LogP contribution is -2.62. The molecule has 2 aliphatic rings. The van der Waals surface area contributed by atoms with Gasteiger partial charge in [0, 0.05) is 44.4 Å². The third-order valence-corrected chi connectivity index (χ3v) is 4.58. The first-order valence-electron chi connectivity index (χ1n) is 8.19. The van der Waals surface area contributed by atoms with Crippen LogP contribution < -0.4 is 9.80 Å². The monoisotopic (exact) mass is 382 g/mol. The Kier molecular flexibility index (Phi) is 5.10. The van der Waals surface area contributed by atoms with Crippen LogP contribution in [0.2, 0.25) is 0 Å². The highest BCUT2D eigenvalue weighted by Crippen LogP contribution is 2.41. The molecule has 2 aromatic rings. The molecule has 2 fully saturated rings. The Labute approximate surface area is 152 Å². The number of hydrogen-bond donors (Lipinski definition) is 1. The van der Waals surface area contributed by atoms with E-state index in [0.717, 1.165) is 38.0 Å². The van der Waals surface area contributed by atoms with Crippen molar-refractivity contribution in [3.05, 3.63) is 36.9 Å². The molecule has 0 aliphatic carbocycles. The van der Waals surface area contributed by atoms with Gasteiger partial charge in [-0.2, -0.15) is 13.2 Å². The molecule has 0 radical (unpaired) electrons. The van der Waals surface area contributed by atoms with E-state index in [4.69, 9.17) is 9.90 Å². The summed E-state index contributed by atoms with van der Waals surface area (Å²) >= 11 is 0. The Morgan fingerprint density at radius 1 is 0.963 bits per heavy atom. The van der Waals surface area contributed by atoms with Crippen LogP contribution in [0.4, 0.5) is 25.1 Å². The van der Waals surface area contributed by atoms with Crippen LogP contribution in [0.15, 0.2) is 36.9 Å². The highest BCUT2D eigenvalue weighted by Gasteiger charge is 2.50. The number of halogens is 3. The maximum absolute atomic E-state index is 10.6. The molecule has 27 heavy (non-hydrogen) atoms. The molecule has 1 N–H and O–H groups in total. The molecule has 0 saturated carbocycles. The molecule has 2 aliphatic heterocycles. The zero-order chi connectivity index (χ0) is 19.5.